The molecule has 0 radical (unpaired) electrons. The Hall–Kier alpha value is -1.39. The third kappa shape index (κ3) is 2.51. The Bertz CT molecular complexity index is 583. The zero-order valence-corrected chi connectivity index (χ0v) is 12.3. The van der Waals surface area contributed by atoms with E-state index < -0.39 is 0 Å². The molecule has 4 heteroatoms. The van der Waals surface area contributed by atoms with E-state index in [-0.39, 0.29) is 6.04 Å². The van der Waals surface area contributed by atoms with Crippen molar-refractivity contribution in [2.75, 3.05) is 13.7 Å². The molecule has 0 bridgehead atoms. The number of rotatable bonds is 3. The highest BCUT2D eigenvalue weighted by atomic mass is 79.9. The summed E-state index contributed by atoms with van der Waals surface area (Å²) in [5.74, 6) is 1.02. The zero-order valence-electron chi connectivity index (χ0n) is 10.7. The minimum Gasteiger partial charge on any atom is -0.493 e. The van der Waals surface area contributed by atoms with Gasteiger partial charge in [0, 0.05) is 17.1 Å². The van der Waals surface area contributed by atoms with E-state index in [0.29, 0.717) is 0 Å². The summed E-state index contributed by atoms with van der Waals surface area (Å²) in [6.45, 7) is 0.791. The quantitative estimate of drug-likeness (QED) is 0.944. The Balaban J connectivity index is 1.96. The first-order valence-corrected chi connectivity index (χ1v) is 7.11. The fraction of sp³-hybridized carbons (Fsp3) is 0.267. The Labute approximate surface area is 121 Å². The molecular formula is C15H15BrN2O. The van der Waals surface area contributed by atoms with Crippen LogP contribution in [0.25, 0.3) is 0 Å². The summed E-state index contributed by atoms with van der Waals surface area (Å²) >= 11 is 3.41. The van der Waals surface area contributed by atoms with E-state index in [4.69, 9.17) is 4.74 Å². The van der Waals surface area contributed by atoms with Crippen molar-refractivity contribution < 1.29 is 4.74 Å². The molecule has 1 unspecified atom stereocenters. The van der Waals surface area contributed by atoms with Crippen molar-refractivity contribution in [3.63, 3.8) is 0 Å². The van der Waals surface area contributed by atoms with Crippen molar-refractivity contribution in [2.24, 2.45) is 0 Å². The SMILES string of the molecule is CNC(c1ccc2c(c1)CCO2)c1ccc(Br)cn1. The number of aromatic nitrogens is 1. The second-order valence-electron chi connectivity index (χ2n) is 4.59. The highest BCUT2D eigenvalue weighted by molar-refractivity contribution is 9.10. The smallest absolute Gasteiger partial charge is 0.122 e. The normalized spacial score (nSPS) is 14.8. The molecule has 1 atom stereocenters. The van der Waals surface area contributed by atoms with Gasteiger partial charge in [-0.15, -0.1) is 0 Å². The van der Waals surface area contributed by atoms with Crippen molar-refractivity contribution in [3.05, 3.63) is 57.8 Å². The summed E-state index contributed by atoms with van der Waals surface area (Å²) in [6, 6.07) is 10.5. The van der Waals surface area contributed by atoms with Gasteiger partial charge in [0.1, 0.15) is 5.75 Å². The van der Waals surface area contributed by atoms with Crippen LogP contribution in [0.1, 0.15) is 22.9 Å². The number of nitrogens with one attached hydrogen (secondary N) is 1. The number of ether oxygens (including phenoxy) is 1. The van der Waals surface area contributed by atoms with Gasteiger partial charge in [0.15, 0.2) is 0 Å². The van der Waals surface area contributed by atoms with Crippen LogP contribution in [0.3, 0.4) is 0 Å². The molecule has 1 aliphatic rings. The van der Waals surface area contributed by atoms with Crippen LogP contribution < -0.4 is 10.1 Å². The zero-order chi connectivity index (χ0) is 13.2. The lowest BCUT2D eigenvalue weighted by molar-refractivity contribution is 0.357. The average Bonchev–Trinajstić information content (AvgIpc) is 2.89. The maximum atomic E-state index is 5.55. The van der Waals surface area contributed by atoms with Crippen molar-refractivity contribution in [3.8, 4) is 5.75 Å². The van der Waals surface area contributed by atoms with Gasteiger partial charge in [-0.1, -0.05) is 12.1 Å². The van der Waals surface area contributed by atoms with E-state index in [1.807, 2.05) is 25.4 Å². The van der Waals surface area contributed by atoms with Crippen LogP contribution >= 0.6 is 15.9 Å². The van der Waals surface area contributed by atoms with Crippen LogP contribution in [-0.4, -0.2) is 18.6 Å². The maximum absolute atomic E-state index is 5.55. The van der Waals surface area contributed by atoms with E-state index >= 15 is 0 Å². The summed E-state index contributed by atoms with van der Waals surface area (Å²) in [4.78, 5) is 4.48. The molecule has 0 saturated heterocycles. The molecule has 1 aliphatic heterocycles. The largest absolute Gasteiger partial charge is 0.493 e. The van der Waals surface area contributed by atoms with E-state index in [2.05, 4.69) is 44.4 Å². The van der Waals surface area contributed by atoms with Crippen molar-refractivity contribution >= 4 is 15.9 Å². The van der Waals surface area contributed by atoms with E-state index in [0.717, 1.165) is 28.9 Å². The first-order chi connectivity index (χ1) is 9.28. The van der Waals surface area contributed by atoms with Gasteiger partial charge in [-0.2, -0.15) is 0 Å². The van der Waals surface area contributed by atoms with Crippen molar-refractivity contribution in [2.45, 2.75) is 12.5 Å². The van der Waals surface area contributed by atoms with Gasteiger partial charge in [-0.25, -0.2) is 0 Å². The third-order valence-corrected chi connectivity index (χ3v) is 3.85. The Morgan fingerprint density at radius 1 is 1.32 bits per heavy atom. The average molecular weight is 319 g/mol. The molecule has 1 aromatic carbocycles. The fourth-order valence-corrected chi connectivity index (χ4v) is 2.66. The highest BCUT2D eigenvalue weighted by Crippen LogP contribution is 2.30. The second-order valence-corrected chi connectivity index (χ2v) is 5.50. The summed E-state index contributed by atoms with van der Waals surface area (Å²) < 4.78 is 6.54. The molecule has 98 valence electrons. The van der Waals surface area contributed by atoms with Crippen LogP contribution in [0.4, 0.5) is 0 Å². The summed E-state index contributed by atoms with van der Waals surface area (Å²) in [5.41, 5.74) is 3.53. The molecule has 1 aromatic heterocycles. The fourth-order valence-electron chi connectivity index (χ4n) is 2.43. The van der Waals surface area contributed by atoms with E-state index in [1.54, 1.807) is 0 Å². The number of hydrogen-bond donors (Lipinski definition) is 1. The molecule has 3 rings (SSSR count). The molecule has 19 heavy (non-hydrogen) atoms. The van der Waals surface area contributed by atoms with Gasteiger partial charge >= 0.3 is 0 Å². The Morgan fingerprint density at radius 3 is 2.95 bits per heavy atom. The van der Waals surface area contributed by atoms with Crippen LogP contribution in [0.5, 0.6) is 5.75 Å². The number of halogens is 1. The molecule has 2 aromatic rings. The molecule has 0 amide bonds. The molecule has 0 spiro atoms. The number of pyridine rings is 1. The monoisotopic (exact) mass is 318 g/mol. The number of benzene rings is 1. The highest BCUT2D eigenvalue weighted by Gasteiger charge is 2.18. The molecule has 0 saturated carbocycles. The predicted octanol–water partition coefficient (Wildman–Crippen LogP) is 3.09. The summed E-state index contributed by atoms with van der Waals surface area (Å²) in [6.07, 6.45) is 2.82. The Morgan fingerprint density at radius 2 is 2.21 bits per heavy atom. The number of fused-ring (bicyclic) bond motifs is 1. The molecule has 0 aliphatic carbocycles. The van der Waals surface area contributed by atoms with Gasteiger partial charge in [-0.3, -0.25) is 4.98 Å². The number of nitrogens with zero attached hydrogens (tertiary/aromatic N) is 1. The maximum Gasteiger partial charge on any atom is 0.122 e. The minimum absolute atomic E-state index is 0.110. The Kier molecular flexibility index (Phi) is 3.53. The van der Waals surface area contributed by atoms with Crippen LogP contribution in [-0.2, 0) is 6.42 Å². The van der Waals surface area contributed by atoms with Crippen LogP contribution in [0, 0.1) is 0 Å². The third-order valence-electron chi connectivity index (χ3n) is 3.38. The van der Waals surface area contributed by atoms with Gasteiger partial charge in [0.25, 0.3) is 0 Å². The van der Waals surface area contributed by atoms with Crippen LogP contribution in [0.15, 0.2) is 41.0 Å². The van der Waals surface area contributed by atoms with E-state index in [1.165, 1.54) is 11.1 Å². The number of hydrogen-bond acceptors (Lipinski definition) is 3. The minimum atomic E-state index is 0.110. The molecule has 2 heterocycles. The standard InChI is InChI=1S/C15H15BrN2O/c1-17-15(13-4-3-12(16)9-18-13)11-2-5-14-10(8-11)6-7-19-14/h2-5,8-9,15,17H,6-7H2,1H3. The first kappa shape index (κ1) is 12.6. The van der Waals surface area contributed by atoms with Gasteiger partial charge < -0.3 is 10.1 Å². The molecule has 1 N–H and O–H groups in total. The molecule has 3 nitrogen and oxygen atoms in total. The molecule has 0 fully saturated rings. The first-order valence-electron chi connectivity index (χ1n) is 6.32. The summed E-state index contributed by atoms with van der Waals surface area (Å²) in [7, 11) is 1.96. The van der Waals surface area contributed by atoms with Crippen LogP contribution in [0.2, 0.25) is 0 Å². The predicted molar refractivity (Wildman–Crippen MR) is 78.5 cm³/mol. The van der Waals surface area contributed by atoms with Gasteiger partial charge in [0.05, 0.1) is 18.3 Å². The lowest BCUT2D eigenvalue weighted by Crippen LogP contribution is -2.18. The van der Waals surface area contributed by atoms with Crippen molar-refractivity contribution in [1.29, 1.82) is 0 Å². The molecular weight excluding hydrogens is 304 g/mol. The van der Waals surface area contributed by atoms with Crippen molar-refractivity contribution in [1.82, 2.24) is 10.3 Å². The van der Waals surface area contributed by atoms with Gasteiger partial charge in [0.2, 0.25) is 0 Å². The lowest BCUT2D eigenvalue weighted by atomic mass is 10.00. The topological polar surface area (TPSA) is 34.1 Å². The van der Waals surface area contributed by atoms with Gasteiger partial charge in [-0.05, 0) is 52.3 Å². The summed E-state index contributed by atoms with van der Waals surface area (Å²) in [5, 5.41) is 3.33. The lowest BCUT2D eigenvalue weighted by Gasteiger charge is -2.17. The van der Waals surface area contributed by atoms with E-state index in [9.17, 15) is 0 Å². The second kappa shape index (κ2) is 5.31.